The molecule has 0 aliphatic carbocycles. The summed E-state index contributed by atoms with van der Waals surface area (Å²) in [5, 5.41) is -0.0706. The molecule has 0 saturated heterocycles. The Labute approximate surface area is 112 Å². The van der Waals surface area contributed by atoms with Crippen LogP contribution in [0.4, 0.5) is 0 Å². The molecule has 0 amide bonds. The lowest BCUT2D eigenvalue weighted by molar-refractivity contribution is 0.579. The molecular formula is C9H16N2O4S3. The van der Waals surface area contributed by atoms with E-state index in [9.17, 15) is 17.4 Å². The monoisotopic (exact) mass is 312 g/mol. The molecule has 0 aromatic carbocycles. The van der Waals surface area contributed by atoms with Gasteiger partial charge in [0, 0.05) is 34.5 Å². The zero-order valence-corrected chi connectivity index (χ0v) is 12.8. The Morgan fingerprint density at radius 1 is 1.50 bits per heavy atom. The average Bonchev–Trinajstić information content (AvgIpc) is 2.58. The van der Waals surface area contributed by atoms with E-state index in [0.29, 0.717) is 23.5 Å². The zero-order chi connectivity index (χ0) is 13.9. The maximum Gasteiger partial charge on any atom is 0.305 e. The Morgan fingerprint density at radius 2 is 2.11 bits per heavy atom. The molecule has 0 aliphatic rings. The van der Waals surface area contributed by atoms with Crippen molar-refractivity contribution in [3.05, 3.63) is 15.4 Å². The molecule has 2 atom stereocenters. The fraction of sp³-hybridized carbons (Fsp3) is 0.667. The van der Waals surface area contributed by atoms with Crippen molar-refractivity contribution in [2.45, 2.75) is 29.7 Å². The predicted molar refractivity (Wildman–Crippen MR) is 73.0 cm³/mol. The van der Waals surface area contributed by atoms with Gasteiger partial charge < -0.3 is 4.98 Å². The number of nitrogens with one attached hydrogen (secondary N) is 2. The standard InChI is InChI=1S/C9H16N2O4S3/c1-6(17(3)13)4-5-10-18(14,15)8-7(2)11-9(12)16-8/h6,10H,4-5H2,1-3H3,(H,11,12). The zero-order valence-electron chi connectivity index (χ0n) is 10.3. The molecule has 104 valence electrons. The number of rotatable bonds is 6. The summed E-state index contributed by atoms with van der Waals surface area (Å²) < 4.78 is 37.3. The number of aryl methyl sites for hydroxylation is 1. The second kappa shape index (κ2) is 6.09. The first-order valence-corrected chi connectivity index (χ1v) is 9.17. The van der Waals surface area contributed by atoms with E-state index in [1.807, 2.05) is 0 Å². The fourth-order valence-corrected chi connectivity index (χ4v) is 4.12. The third-order valence-electron chi connectivity index (χ3n) is 2.43. The van der Waals surface area contributed by atoms with E-state index in [2.05, 4.69) is 9.71 Å². The van der Waals surface area contributed by atoms with Gasteiger partial charge in [0.2, 0.25) is 0 Å². The molecule has 1 aromatic rings. The lowest BCUT2D eigenvalue weighted by atomic mass is 10.3. The summed E-state index contributed by atoms with van der Waals surface area (Å²) in [6.07, 6.45) is 2.07. The SMILES string of the molecule is Cc1[nH]c(=O)sc1S(=O)(=O)NCCC(C)S(C)=O. The highest BCUT2D eigenvalue weighted by Crippen LogP contribution is 2.15. The van der Waals surface area contributed by atoms with Crippen molar-refractivity contribution in [3.63, 3.8) is 0 Å². The molecule has 0 bridgehead atoms. The van der Waals surface area contributed by atoms with Crippen LogP contribution in [0, 0.1) is 6.92 Å². The van der Waals surface area contributed by atoms with E-state index in [0.717, 1.165) is 0 Å². The molecule has 1 aromatic heterocycles. The number of H-pyrrole nitrogens is 1. The first kappa shape index (κ1) is 15.5. The first-order valence-electron chi connectivity index (χ1n) is 5.25. The van der Waals surface area contributed by atoms with Crippen LogP contribution in [0.3, 0.4) is 0 Å². The number of hydrogen-bond donors (Lipinski definition) is 2. The van der Waals surface area contributed by atoms with Gasteiger partial charge in [0.05, 0.1) is 0 Å². The Bertz CT molecular complexity index is 587. The molecule has 0 fully saturated rings. The van der Waals surface area contributed by atoms with Gasteiger partial charge >= 0.3 is 4.87 Å². The van der Waals surface area contributed by atoms with E-state index in [1.54, 1.807) is 13.2 Å². The largest absolute Gasteiger partial charge is 0.315 e. The van der Waals surface area contributed by atoms with Gasteiger partial charge in [0.15, 0.2) is 4.21 Å². The van der Waals surface area contributed by atoms with Gasteiger partial charge in [-0.25, -0.2) is 13.1 Å². The third kappa shape index (κ3) is 4.01. The number of thiazole rings is 1. The summed E-state index contributed by atoms with van der Waals surface area (Å²) in [5.41, 5.74) is 0.338. The topological polar surface area (TPSA) is 96.1 Å². The minimum atomic E-state index is -3.65. The maximum atomic E-state index is 11.9. The van der Waals surface area contributed by atoms with Crippen LogP contribution in [0.25, 0.3) is 0 Å². The van der Waals surface area contributed by atoms with E-state index >= 15 is 0 Å². The molecule has 6 nitrogen and oxygen atoms in total. The predicted octanol–water partition coefficient (Wildman–Crippen LogP) is 0.180. The van der Waals surface area contributed by atoms with Crippen LogP contribution in [0.15, 0.2) is 9.00 Å². The van der Waals surface area contributed by atoms with Gasteiger partial charge in [-0.1, -0.05) is 18.3 Å². The van der Waals surface area contributed by atoms with Crippen molar-refractivity contribution in [3.8, 4) is 0 Å². The minimum Gasteiger partial charge on any atom is -0.315 e. The van der Waals surface area contributed by atoms with Crippen LogP contribution in [0.2, 0.25) is 0 Å². The summed E-state index contributed by atoms with van der Waals surface area (Å²) in [6, 6.07) is 0. The molecule has 0 spiro atoms. The van der Waals surface area contributed by atoms with E-state index in [-0.39, 0.29) is 16.0 Å². The lowest BCUT2D eigenvalue weighted by Gasteiger charge is -2.09. The molecule has 0 saturated carbocycles. The van der Waals surface area contributed by atoms with Crippen molar-refractivity contribution in [1.29, 1.82) is 0 Å². The van der Waals surface area contributed by atoms with Crippen molar-refractivity contribution in [2.75, 3.05) is 12.8 Å². The maximum absolute atomic E-state index is 11.9. The molecule has 2 N–H and O–H groups in total. The first-order chi connectivity index (χ1) is 8.24. The fourth-order valence-electron chi connectivity index (χ4n) is 1.27. The Hall–Kier alpha value is -0.510. The number of hydrogen-bond acceptors (Lipinski definition) is 5. The molecule has 0 aliphatic heterocycles. The van der Waals surface area contributed by atoms with Crippen LogP contribution in [-0.2, 0) is 20.8 Å². The Kier molecular flexibility index (Phi) is 5.26. The molecule has 0 radical (unpaired) electrons. The van der Waals surface area contributed by atoms with Crippen LogP contribution >= 0.6 is 11.3 Å². The van der Waals surface area contributed by atoms with Gasteiger partial charge in [0.1, 0.15) is 0 Å². The molecular weight excluding hydrogens is 296 g/mol. The van der Waals surface area contributed by atoms with Crippen LogP contribution in [0.5, 0.6) is 0 Å². The Balaban J connectivity index is 2.69. The summed E-state index contributed by atoms with van der Waals surface area (Å²) in [5.74, 6) is 0. The lowest BCUT2D eigenvalue weighted by Crippen LogP contribution is -2.27. The molecule has 2 unspecified atom stereocenters. The van der Waals surface area contributed by atoms with Crippen LogP contribution < -0.4 is 9.60 Å². The quantitative estimate of drug-likeness (QED) is 0.783. The molecule has 18 heavy (non-hydrogen) atoms. The van der Waals surface area contributed by atoms with E-state index in [1.165, 1.54) is 6.92 Å². The van der Waals surface area contributed by atoms with Crippen LogP contribution in [0.1, 0.15) is 19.0 Å². The van der Waals surface area contributed by atoms with E-state index in [4.69, 9.17) is 0 Å². The second-order valence-electron chi connectivity index (χ2n) is 3.92. The van der Waals surface area contributed by atoms with Gasteiger partial charge in [-0.3, -0.25) is 9.00 Å². The van der Waals surface area contributed by atoms with Gasteiger partial charge in [0.25, 0.3) is 10.0 Å². The minimum absolute atomic E-state index is 0.0118. The Morgan fingerprint density at radius 3 is 2.56 bits per heavy atom. The highest BCUT2D eigenvalue weighted by Gasteiger charge is 2.20. The average molecular weight is 312 g/mol. The summed E-state index contributed by atoms with van der Waals surface area (Å²) in [4.78, 5) is 13.1. The highest BCUT2D eigenvalue weighted by molar-refractivity contribution is 7.91. The molecule has 1 heterocycles. The van der Waals surface area contributed by atoms with Crippen molar-refractivity contribution in [2.24, 2.45) is 0 Å². The molecule has 9 heteroatoms. The third-order valence-corrected chi connectivity index (χ3v) is 6.87. The molecule has 1 rings (SSSR count). The van der Waals surface area contributed by atoms with Crippen LogP contribution in [-0.4, -0.2) is 35.7 Å². The normalized spacial score (nSPS) is 15.5. The van der Waals surface area contributed by atoms with E-state index < -0.39 is 25.7 Å². The number of sulfonamides is 1. The summed E-state index contributed by atoms with van der Waals surface area (Å²) in [6.45, 7) is 3.54. The second-order valence-corrected chi connectivity index (χ2v) is 8.67. The summed E-state index contributed by atoms with van der Waals surface area (Å²) in [7, 11) is -4.62. The van der Waals surface area contributed by atoms with Crippen molar-refractivity contribution >= 4 is 32.2 Å². The smallest absolute Gasteiger partial charge is 0.305 e. The van der Waals surface area contributed by atoms with Gasteiger partial charge in [-0.2, -0.15) is 0 Å². The number of aromatic amines is 1. The van der Waals surface area contributed by atoms with Crippen molar-refractivity contribution < 1.29 is 12.6 Å². The summed E-state index contributed by atoms with van der Waals surface area (Å²) >= 11 is 0.665. The van der Waals surface area contributed by atoms with Gasteiger partial charge in [-0.05, 0) is 13.3 Å². The van der Waals surface area contributed by atoms with Crippen molar-refractivity contribution in [1.82, 2.24) is 9.71 Å². The number of aromatic nitrogens is 1. The van der Waals surface area contributed by atoms with Gasteiger partial charge in [-0.15, -0.1) is 0 Å². The highest BCUT2D eigenvalue weighted by atomic mass is 32.2.